The lowest BCUT2D eigenvalue weighted by molar-refractivity contribution is -0.117. The third-order valence-corrected chi connectivity index (χ3v) is 5.69. The van der Waals surface area contributed by atoms with Gasteiger partial charge in [0, 0.05) is 17.7 Å². The molecule has 2 unspecified atom stereocenters. The van der Waals surface area contributed by atoms with Gasteiger partial charge < -0.3 is 10.1 Å². The zero-order valence-electron chi connectivity index (χ0n) is 16.7. The number of allylic oxidation sites excluding steroid dienone is 3. The Morgan fingerprint density at radius 2 is 1.90 bits per heavy atom. The molecule has 0 fully saturated rings. The summed E-state index contributed by atoms with van der Waals surface area (Å²) in [5.41, 5.74) is 3.85. The largest absolute Gasteiger partial charge is 0.497 e. The van der Waals surface area contributed by atoms with Crippen LogP contribution in [0.2, 0.25) is 0 Å². The van der Waals surface area contributed by atoms with Gasteiger partial charge in [-0.3, -0.25) is 4.79 Å². The molecule has 1 aliphatic heterocycles. The molecule has 1 aromatic heterocycles. The van der Waals surface area contributed by atoms with E-state index < -0.39 is 0 Å². The molecule has 1 aliphatic carbocycles. The summed E-state index contributed by atoms with van der Waals surface area (Å²) in [6, 6.07) is 17.7. The first kappa shape index (κ1) is 18.4. The molecular weight excluding hydrogens is 376 g/mol. The number of methoxy groups -OCH3 is 1. The fourth-order valence-electron chi connectivity index (χ4n) is 4.22. The van der Waals surface area contributed by atoms with E-state index in [0.29, 0.717) is 12.4 Å². The summed E-state index contributed by atoms with van der Waals surface area (Å²) in [6.07, 6.45) is 7.01. The summed E-state index contributed by atoms with van der Waals surface area (Å²) in [5, 5.41) is 7.74. The average molecular weight is 398 g/mol. The lowest BCUT2D eigenvalue weighted by atomic mass is 9.80. The lowest BCUT2D eigenvalue weighted by Gasteiger charge is -2.34. The highest BCUT2D eigenvalue weighted by molar-refractivity contribution is 5.99. The Bertz CT molecular complexity index is 1130. The van der Waals surface area contributed by atoms with Gasteiger partial charge in [0.2, 0.25) is 5.95 Å². The minimum atomic E-state index is -0.281. The van der Waals surface area contributed by atoms with Crippen LogP contribution in [-0.2, 0) is 4.79 Å². The number of carbonyl (C=O) groups excluding carboxylic acids is 1. The highest BCUT2D eigenvalue weighted by atomic mass is 16.5. The van der Waals surface area contributed by atoms with Gasteiger partial charge in [-0.15, -0.1) is 0 Å². The number of fused-ring (bicyclic) bond motifs is 1. The van der Waals surface area contributed by atoms with Gasteiger partial charge >= 0.3 is 0 Å². The Morgan fingerprint density at radius 1 is 1.10 bits per heavy atom. The van der Waals surface area contributed by atoms with Crippen LogP contribution in [-0.4, -0.2) is 27.7 Å². The second kappa shape index (κ2) is 7.63. The maximum Gasteiger partial charge on any atom is 0.226 e. The fraction of sp³-hybridized carbons (Fsp3) is 0.208. The molecule has 2 aliphatic rings. The number of ether oxygens (including phenoxy) is 1. The van der Waals surface area contributed by atoms with Gasteiger partial charge in [-0.25, -0.2) is 4.68 Å². The van der Waals surface area contributed by atoms with Crippen molar-refractivity contribution in [3.05, 3.63) is 89.4 Å². The fourth-order valence-corrected chi connectivity index (χ4v) is 4.22. The SMILES string of the molecule is COc1ccc(C2C3=C(CC(C=Cc4ccccc4)CC3=O)Nc3ncnn32)cc1. The molecule has 1 N–H and O–H groups in total. The Balaban J connectivity index is 1.49. The Hall–Kier alpha value is -3.67. The molecular formula is C24H22N4O2. The maximum atomic E-state index is 13.3. The Morgan fingerprint density at radius 3 is 2.67 bits per heavy atom. The number of nitrogens with one attached hydrogen (secondary N) is 1. The summed E-state index contributed by atoms with van der Waals surface area (Å²) in [4.78, 5) is 17.6. The van der Waals surface area contributed by atoms with E-state index in [2.05, 4.69) is 39.7 Å². The summed E-state index contributed by atoms with van der Waals surface area (Å²) < 4.78 is 7.07. The third kappa shape index (κ3) is 3.30. The van der Waals surface area contributed by atoms with Crippen LogP contribution in [0.15, 0.2) is 78.3 Å². The van der Waals surface area contributed by atoms with E-state index in [1.54, 1.807) is 11.8 Å². The Kier molecular flexibility index (Phi) is 4.67. The van der Waals surface area contributed by atoms with E-state index in [-0.39, 0.29) is 17.7 Å². The molecule has 6 heteroatoms. The molecule has 6 nitrogen and oxygen atoms in total. The molecule has 30 heavy (non-hydrogen) atoms. The van der Waals surface area contributed by atoms with Crippen molar-refractivity contribution in [1.82, 2.24) is 14.8 Å². The van der Waals surface area contributed by atoms with Crippen LogP contribution >= 0.6 is 0 Å². The maximum absolute atomic E-state index is 13.3. The van der Waals surface area contributed by atoms with E-state index in [0.717, 1.165) is 34.6 Å². The molecule has 2 aromatic carbocycles. The van der Waals surface area contributed by atoms with Crippen molar-refractivity contribution in [3.63, 3.8) is 0 Å². The number of benzene rings is 2. The summed E-state index contributed by atoms with van der Waals surface area (Å²) in [7, 11) is 1.64. The van der Waals surface area contributed by atoms with Crippen molar-refractivity contribution in [2.45, 2.75) is 18.9 Å². The molecule has 0 saturated heterocycles. The number of Topliss-reactive ketones (excluding diaryl/α,β-unsaturated/α-hetero) is 1. The first-order valence-electron chi connectivity index (χ1n) is 10.0. The molecule has 2 heterocycles. The van der Waals surface area contributed by atoms with E-state index in [1.165, 1.54) is 6.33 Å². The molecule has 0 spiro atoms. The van der Waals surface area contributed by atoms with Crippen LogP contribution in [0.4, 0.5) is 5.95 Å². The van der Waals surface area contributed by atoms with Gasteiger partial charge in [0.25, 0.3) is 0 Å². The van der Waals surface area contributed by atoms with Crippen molar-refractivity contribution >= 4 is 17.8 Å². The number of ketones is 1. The van der Waals surface area contributed by atoms with Crippen molar-refractivity contribution in [3.8, 4) is 5.75 Å². The quantitative estimate of drug-likeness (QED) is 0.712. The molecule has 5 rings (SSSR count). The number of hydrogen-bond acceptors (Lipinski definition) is 5. The van der Waals surface area contributed by atoms with Crippen LogP contribution in [0.5, 0.6) is 5.75 Å². The molecule has 150 valence electrons. The van der Waals surface area contributed by atoms with Gasteiger partial charge in [0.15, 0.2) is 5.78 Å². The van der Waals surface area contributed by atoms with Crippen molar-refractivity contribution < 1.29 is 9.53 Å². The number of hydrogen-bond donors (Lipinski definition) is 1. The van der Waals surface area contributed by atoms with Crippen molar-refractivity contribution in [1.29, 1.82) is 0 Å². The summed E-state index contributed by atoms with van der Waals surface area (Å²) >= 11 is 0. The molecule has 0 saturated carbocycles. The summed E-state index contributed by atoms with van der Waals surface area (Å²) in [5.74, 6) is 1.74. The highest BCUT2D eigenvalue weighted by Crippen LogP contribution is 2.41. The van der Waals surface area contributed by atoms with E-state index in [9.17, 15) is 4.79 Å². The minimum Gasteiger partial charge on any atom is -0.497 e. The standard InChI is InChI=1S/C24H22N4O2/c1-30-19-11-9-18(10-12-19)23-22-20(27-24-25-15-26-28(23)24)13-17(14-21(22)29)8-7-16-5-3-2-4-6-16/h2-12,15,17,23H,13-14H2,1H3,(H,25,26,27). The third-order valence-electron chi connectivity index (χ3n) is 5.69. The van der Waals surface area contributed by atoms with Crippen LogP contribution in [0, 0.1) is 5.92 Å². The van der Waals surface area contributed by atoms with Gasteiger partial charge in [0.05, 0.1) is 7.11 Å². The number of aromatic nitrogens is 3. The summed E-state index contributed by atoms with van der Waals surface area (Å²) in [6.45, 7) is 0. The topological polar surface area (TPSA) is 69.0 Å². The number of carbonyl (C=O) groups is 1. The smallest absolute Gasteiger partial charge is 0.226 e. The number of anilines is 1. The van der Waals surface area contributed by atoms with Gasteiger partial charge in [-0.2, -0.15) is 10.1 Å². The van der Waals surface area contributed by atoms with Crippen LogP contribution in [0.1, 0.15) is 30.0 Å². The van der Waals surface area contributed by atoms with E-state index >= 15 is 0 Å². The minimum absolute atomic E-state index is 0.147. The first-order chi connectivity index (χ1) is 14.7. The normalized spacial score (nSPS) is 20.6. The number of rotatable bonds is 4. The predicted octanol–water partition coefficient (Wildman–Crippen LogP) is 4.25. The second-order valence-corrected chi connectivity index (χ2v) is 7.58. The van der Waals surface area contributed by atoms with E-state index in [1.807, 2.05) is 42.5 Å². The van der Waals surface area contributed by atoms with Crippen LogP contribution in [0.3, 0.4) is 0 Å². The molecule has 3 aromatic rings. The van der Waals surface area contributed by atoms with Crippen LogP contribution in [0.25, 0.3) is 6.08 Å². The predicted molar refractivity (Wildman–Crippen MR) is 115 cm³/mol. The molecule has 2 atom stereocenters. The van der Waals surface area contributed by atoms with Gasteiger partial charge in [0.1, 0.15) is 18.1 Å². The Labute approximate surface area is 174 Å². The molecule has 0 radical (unpaired) electrons. The zero-order valence-corrected chi connectivity index (χ0v) is 16.7. The van der Waals surface area contributed by atoms with Gasteiger partial charge in [-0.1, -0.05) is 54.6 Å². The molecule has 0 amide bonds. The lowest BCUT2D eigenvalue weighted by Crippen LogP contribution is -2.33. The number of nitrogens with zero attached hydrogens (tertiary/aromatic N) is 3. The van der Waals surface area contributed by atoms with Crippen molar-refractivity contribution in [2.24, 2.45) is 5.92 Å². The zero-order chi connectivity index (χ0) is 20.5. The van der Waals surface area contributed by atoms with Crippen molar-refractivity contribution in [2.75, 3.05) is 12.4 Å². The first-order valence-corrected chi connectivity index (χ1v) is 10.0. The average Bonchev–Trinajstić information content (AvgIpc) is 3.25. The van der Waals surface area contributed by atoms with Gasteiger partial charge in [-0.05, 0) is 35.6 Å². The van der Waals surface area contributed by atoms with E-state index in [4.69, 9.17) is 4.74 Å². The molecule has 0 bridgehead atoms. The van der Waals surface area contributed by atoms with Crippen LogP contribution < -0.4 is 10.1 Å². The highest BCUT2D eigenvalue weighted by Gasteiger charge is 2.38. The monoisotopic (exact) mass is 398 g/mol. The second-order valence-electron chi connectivity index (χ2n) is 7.58.